The van der Waals surface area contributed by atoms with Gasteiger partial charge in [-0.2, -0.15) is 0 Å². The molecule has 170 valence electrons. The number of hydrogen-bond acceptors (Lipinski definition) is 1. The third-order valence-electron chi connectivity index (χ3n) is 6.29. The molecule has 3 aromatic rings. The van der Waals surface area contributed by atoms with Gasteiger partial charge < -0.3 is 4.74 Å². The van der Waals surface area contributed by atoms with Gasteiger partial charge in [-0.3, -0.25) is 0 Å². The van der Waals surface area contributed by atoms with Gasteiger partial charge in [0.25, 0.3) is 0 Å². The van der Waals surface area contributed by atoms with Crippen LogP contribution in [0.25, 0.3) is 0 Å². The van der Waals surface area contributed by atoms with E-state index in [1.807, 2.05) is 12.1 Å². The van der Waals surface area contributed by atoms with E-state index in [9.17, 15) is 0 Å². The zero-order chi connectivity index (χ0) is 23.3. The molecule has 0 bridgehead atoms. The number of rotatable bonds is 9. The maximum Gasteiger partial charge on any atom is 0.123 e. The fourth-order valence-electron chi connectivity index (χ4n) is 4.40. The lowest BCUT2D eigenvalue weighted by molar-refractivity contribution is 0.302. The van der Waals surface area contributed by atoms with Crippen molar-refractivity contribution in [2.24, 2.45) is 0 Å². The molecule has 0 radical (unpaired) electrons. The third kappa shape index (κ3) is 5.95. The van der Waals surface area contributed by atoms with Gasteiger partial charge in [-0.25, -0.2) is 0 Å². The first-order valence-electron chi connectivity index (χ1n) is 11.9. The molecule has 0 spiro atoms. The van der Waals surface area contributed by atoms with Crippen LogP contribution in [0.5, 0.6) is 5.75 Å². The molecule has 3 aromatic carbocycles. The summed E-state index contributed by atoms with van der Waals surface area (Å²) in [6.07, 6.45) is 2.07. The van der Waals surface area contributed by atoms with Crippen molar-refractivity contribution >= 4 is 11.6 Å². The van der Waals surface area contributed by atoms with Crippen LogP contribution in [0.15, 0.2) is 60.7 Å². The topological polar surface area (TPSA) is 9.23 Å². The molecule has 1 nitrogen and oxygen atoms in total. The lowest BCUT2D eigenvalue weighted by Crippen LogP contribution is -2.04. The Kier molecular flexibility index (Phi) is 8.43. The average molecular weight is 449 g/mol. The number of aryl methyl sites for hydroxylation is 1. The van der Waals surface area contributed by atoms with E-state index in [2.05, 4.69) is 90.1 Å². The first-order valence-corrected chi connectivity index (χ1v) is 12.3. The lowest BCUT2D eigenvalue weighted by Gasteiger charge is -2.18. The van der Waals surface area contributed by atoms with E-state index in [1.54, 1.807) is 0 Å². The Bertz CT molecular complexity index is 1030. The Balaban J connectivity index is 1.71. The van der Waals surface area contributed by atoms with Crippen LogP contribution in [0.1, 0.15) is 92.7 Å². The van der Waals surface area contributed by atoms with E-state index in [1.165, 1.54) is 27.8 Å². The Labute approximate surface area is 199 Å². The molecule has 3 rings (SSSR count). The van der Waals surface area contributed by atoms with Gasteiger partial charge in [0.05, 0.1) is 0 Å². The number of ether oxygens (including phenoxy) is 1. The summed E-state index contributed by atoms with van der Waals surface area (Å²) < 4.78 is 6.13. The minimum atomic E-state index is 0.353. The summed E-state index contributed by atoms with van der Waals surface area (Å²) in [7, 11) is 0. The maximum absolute atomic E-state index is 6.73. The summed E-state index contributed by atoms with van der Waals surface area (Å²) in [6.45, 7) is 13.9. The molecule has 0 amide bonds. The minimum Gasteiger partial charge on any atom is -0.489 e. The fourth-order valence-corrected chi connectivity index (χ4v) is 4.79. The Morgan fingerprint density at radius 3 is 2.09 bits per heavy atom. The Morgan fingerprint density at radius 1 is 0.750 bits per heavy atom. The molecule has 1 unspecified atom stereocenters. The van der Waals surface area contributed by atoms with Gasteiger partial charge in [-0.15, -0.1) is 0 Å². The summed E-state index contributed by atoms with van der Waals surface area (Å²) in [5, 5.41) is 0.824. The van der Waals surface area contributed by atoms with Crippen LogP contribution in [0.3, 0.4) is 0 Å². The van der Waals surface area contributed by atoms with E-state index in [0.29, 0.717) is 24.4 Å². The molecule has 0 aliphatic carbocycles. The molecule has 0 N–H and O–H groups in total. The highest BCUT2D eigenvalue weighted by Crippen LogP contribution is 2.31. The second-order valence-corrected chi connectivity index (χ2v) is 9.89. The smallest absolute Gasteiger partial charge is 0.123 e. The molecule has 0 saturated carbocycles. The second-order valence-electron chi connectivity index (χ2n) is 9.48. The highest BCUT2D eigenvalue weighted by atomic mass is 35.5. The van der Waals surface area contributed by atoms with Crippen molar-refractivity contribution in [2.75, 3.05) is 0 Å². The fraction of sp³-hybridized carbons (Fsp3) is 0.400. The molecule has 1 atom stereocenters. The minimum absolute atomic E-state index is 0.353. The van der Waals surface area contributed by atoms with Crippen molar-refractivity contribution < 1.29 is 4.74 Å². The van der Waals surface area contributed by atoms with Gasteiger partial charge in [-0.1, -0.05) is 102 Å². The van der Waals surface area contributed by atoms with Crippen molar-refractivity contribution in [1.29, 1.82) is 0 Å². The molecule has 0 fully saturated rings. The third-order valence-corrected chi connectivity index (χ3v) is 6.61. The zero-order valence-electron chi connectivity index (χ0n) is 20.4. The molecule has 0 aliphatic rings. The quantitative estimate of drug-likeness (QED) is 0.317. The average Bonchev–Trinajstić information content (AvgIpc) is 2.77. The van der Waals surface area contributed by atoms with Crippen molar-refractivity contribution in [3.05, 3.63) is 99.1 Å². The molecule has 0 aromatic heterocycles. The molecule has 0 saturated heterocycles. The molecule has 0 heterocycles. The summed E-state index contributed by atoms with van der Waals surface area (Å²) in [5.74, 6) is 2.28. The number of benzene rings is 3. The lowest BCUT2D eigenvalue weighted by atomic mass is 9.88. The van der Waals surface area contributed by atoms with Gasteiger partial charge in [-0.05, 0) is 76.1 Å². The van der Waals surface area contributed by atoms with E-state index in [0.717, 1.165) is 29.2 Å². The SMILES string of the molecule is CCc1ccc(CC(C)c2ccc(COc3ccccc3C(C)C)cc2Cl)cc1C(C)C. The number of para-hydroxylation sites is 1. The largest absolute Gasteiger partial charge is 0.489 e. The van der Waals surface area contributed by atoms with Crippen molar-refractivity contribution in [3.8, 4) is 5.75 Å². The molecular weight excluding hydrogens is 412 g/mol. The van der Waals surface area contributed by atoms with Crippen LogP contribution in [0.2, 0.25) is 5.02 Å². The summed E-state index contributed by atoms with van der Waals surface area (Å²) >= 11 is 6.73. The monoisotopic (exact) mass is 448 g/mol. The van der Waals surface area contributed by atoms with Gasteiger partial charge in [0, 0.05) is 5.02 Å². The van der Waals surface area contributed by atoms with E-state index in [4.69, 9.17) is 16.3 Å². The number of hydrogen-bond donors (Lipinski definition) is 0. The highest BCUT2D eigenvalue weighted by molar-refractivity contribution is 6.31. The molecule has 2 heteroatoms. The van der Waals surface area contributed by atoms with Crippen LogP contribution in [0.4, 0.5) is 0 Å². The van der Waals surface area contributed by atoms with E-state index < -0.39 is 0 Å². The van der Waals surface area contributed by atoms with Crippen molar-refractivity contribution in [2.45, 2.75) is 78.7 Å². The molecule has 0 aliphatic heterocycles. The van der Waals surface area contributed by atoms with Gasteiger partial charge in [0.1, 0.15) is 12.4 Å². The van der Waals surface area contributed by atoms with Crippen LogP contribution in [0, 0.1) is 0 Å². The van der Waals surface area contributed by atoms with Gasteiger partial charge >= 0.3 is 0 Å². The summed E-state index contributed by atoms with van der Waals surface area (Å²) in [6, 6.07) is 21.6. The van der Waals surface area contributed by atoms with E-state index >= 15 is 0 Å². The number of halogens is 1. The standard InChI is InChI=1S/C30H37ClO/c1-7-25-14-12-23(17-28(25)21(4)5)16-22(6)27-15-13-24(18-29(27)31)19-32-30-11-9-8-10-26(30)20(2)3/h8-15,17-18,20-22H,7,16,19H2,1-6H3. The van der Waals surface area contributed by atoms with Crippen LogP contribution >= 0.6 is 11.6 Å². The van der Waals surface area contributed by atoms with Gasteiger partial charge in [0.15, 0.2) is 0 Å². The maximum atomic E-state index is 6.73. The van der Waals surface area contributed by atoms with Crippen molar-refractivity contribution in [3.63, 3.8) is 0 Å². The first-order chi connectivity index (χ1) is 15.3. The van der Waals surface area contributed by atoms with Gasteiger partial charge in [0.2, 0.25) is 0 Å². The Morgan fingerprint density at radius 2 is 1.44 bits per heavy atom. The van der Waals surface area contributed by atoms with E-state index in [-0.39, 0.29) is 0 Å². The van der Waals surface area contributed by atoms with Crippen LogP contribution < -0.4 is 4.74 Å². The predicted octanol–water partition coefficient (Wildman–Crippen LogP) is 9.07. The normalized spacial score (nSPS) is 12.4. The highest BCUT2D eigenvalue weighted by Gasteiger charge is 2.14. The Hall–Kier alpha value is -2.25. The van der Waals surface area contributed by atoms with Crippen LogP contribution in [-0.4, -0.2) is 0 Å². The molecular formula is C30H37ClO. The summed E-state index contributed by atoms with van der Waals surface area (Å²) in [5.41, 5.74) is 7.84. The van der Waals surface area contributed by atoms with Crippen LogP contribution in [-0.2, 0) is 19.4 Å². The zero-order valence-corrected chi connectivity index (χ0v) is 21.2. The predicted molar refractivity (Wildman–Crippen MR) is 138 cm³/mol. The van der Waals surface area contributed by atoms with Crippen molar-refractivity contribution in [1.82, 2.24) is 0 Å². The second kappa shape index (κ2) is 11.1. The molecule has 32 heavy (non-hydrogen) atoms. The summed E-state index contributed by atoms with van der Waals surface area (Å²) in [4.78, 5) is 0. The first kappa shape index (κ1) is 24.4.